The van der Waals surface area contributed by atoms with Gasteiger partial charge in [-0.1, -0.05) is 84.5 Å². The van der Waals surface area contributed by atoms with Crippen LogP contribution in [0.1, 0.15) is 124 Å². The lowest BCUT2D eigenvalue weighted by atomic mass is 9.79. The van der Waals surface area contributed by atoms with Gasteiger partial charge in [0.2, 0.25) is 0 Å². The minimum atomic E-state index is 0.710. The van der Waals surface area contributed by atoms with E-state index in [0.717, 1.165) is 12.5 Å². The van der Waals surface area contributed by atoms with E-state index in [-0.39, 0.29) is 0 Å². The van der Waals surface area contributed by atoms with Gasteiger partial charge in [0.25, 0.3) is 0 Å². The van der Waals surface area contributed by atoms with Gasteiger partial charge in [-0.25, -0.2) is 0 Å². The largest absolute Gasteiger partial charge is 0.498 e. The molecule has 0 saturated heterocycles. The van der Waals surface area contributed by atoms with E-state index in [1.165, 1.54) is 108 Å². The van der Waals surface area contributed by atoms with E-state index in [2.05, 4.69) is 26.8 Å². The summed E-state index contributed by atoms with van der Waals surface area (Å²) in [6.45, 7) is 7.65. The minimum absolute atomic E-state index is 0.710. The van der Waals surface area contributed by atoms with E-state index in [4.69, 9.17) is 4.74 Å². The summed E-state index contributed by atoms with van der Waals surface area (Å²) in [6, 6.07) is 0. The summed E-state index contributed by atoms with van der Waals surface area (Å²) in [6.07, 6.45) is 24.6. The summed E-state index contributed by atoms with van der Waals surface area (Å²) in [5.74, 6) is 3.00. The molecule has 0 aliphatic heterocycles. The molecule has 0 unspecified atom stereocenters. The fourth-order valence-electron chi connectivity index (χ4n) is 4.28. The van der Waals surface area contributed by atoms with E-state index in [1.54, 1.807) is 0 Å². The van der Waals surface area contributed by atoms with Gasteiger partial charge >= 0.3 is 0 Å². The Morgan fingerprint density at radius 3 is 1.92 bits per heavy atom. The maximum atomic E-state index is 6.12. The van der Waals surface area contributed by atoms with Crippen molar-refractivity contribution in [3.8, 4) is 0 Å². The predicted octanol–water partition coefficient (Wildman–Crippen LogP) is 8.43. The van der Waals surface area contributed by atoms with Gasteiger partial charge in [0.1, 0.15) is 0 Å². The summed E-state index contributed by atoms with van der Waals surface area (Å²) < 4.78 is 6.12. The average Bonchev–Trinajstić information content (AvgIpc) is 2.65. The molecule has 0 aromatic carbocycles. The Hall–Kier alpha value is -0.460. The number of unbranched alkanes of at least 4 members (excludes halogenated alkanes) is 9. The zero-order valence-electron chi connectivity index (χ0n) is 17.7. The van der Waals surface area contributed by atoms with Crippen LogP contribution in [0.25, 0.3) is 0 Å². The van der Waals surface area contributed by atoms with Crippen LogP contribution in [0.3, 0.4) is 0 Å². The van der Waals surface area contributed by atoms with E-state index in [1.807, 2.05) is 0 Å². The molecule has 0 aromatic rings. The lowest BCUT2D eigenvalue weighted by Gasteiger charge is -2.30. The molecule has 1 rings (SSSR count). The van der Waals surface area contributed by atoms with Gasteiger partial charge in [-0.15, -0.1) is 0 Å². The Morgan fingerprint density at radius 1 is 0.760 bits per heavy atom. The molecule has 1 aliphatic rings. The molecule has 0 bridgehead atoms. The molecule has 0 radical (unpaired) electrons. The standard InChI is InChI=1S/C24H46O/c1-4-7-9-11-12-13-14-16-22-17-19-23(20-18-22)24(6-3)25-21-15-10-8-5-2/h6,22-23H,4-5,7-21H2,1-3H3/b24-6-. The molecule has 0 aromatic heterocycles. The van der Waals surface area contributed by atoms with E-state index < -0.39 is 0 Å². The third-order valence-electron chi connectivity index (χ3n) is 6.02. The molecule has 0 heterocycles. The Morgan fingerprint density at radius 2 is 1.32 bits per heavy atom. The third-order valence-corrected chi connectivity index (χ3v) is 6.02. The highest BCUT2D eigenvalue weighted by Gasteiger charge is 2.24. The molecular weight excluding hydrogens is 304 g/mol. The maximum absolute atomic E-state index is 6.12. The molecule has 0 atom stereocenters. The first-order valence-electron chi connectivity index (χ1n) is 11.6. The highest BCUT2D eigenvalue weighted by molar-refractivity contribution is 4.99. The highest BCUT2D eigenvalue weighted by Crippen LogP contribution is 2.36. The Labute approximate surface area is 159 Å². The number of rotatable bonds is 15. The van der Waals surface area contributed by atoms with Gasteiger partial charge in [0, 0.05) is 5.92 Å². The van der Waals surface area contributed by atoms with Crippen molar-refractivity contribution in [3.63, 3.8) is 0 Å². The highest BCUT2D eigenvalue weighted by atomic mass is 16.5. The molecule has 0 N–H and O–H groups in total. The Bertz CT molecular complexity index is 312. The van der Waals surface area contributed by atoms with E-state index in [0.29, 0.717) is 5.92 Å². The second kappa shape index (κ2) is 15.8. The van der Waals surface area contributed by atoms with Crippen LogP contribution in [0.5, 0.6) is 0 Å². The summed E-state index contributed by atoms with van der Waals surface area (Å²) in [4.78, 5) is 0. The molecule has 1 saturated carbocycles. The molecular formula is C24H46O. The van der Waals surface area contributed by atoms with Crippen LogP contribution < -0.4 is 0 Å². The first-order chi connectivity index (χ1) is 12.3. The zero-order chi connectivity index (χ0) is 18.2. The number of allylic oxidation sites excluding steroid dienone is 2. The molecule has 25 heavy (non-hydrogen) atoms. The van der Waals surface area contributed by atoms with E-state index in [9.17, 15) is 0 Å². The third kappa shape index (κ3) is 11.0. The number of ether oxygens (including phenoxy) is 1. The average molecular weight is 351 g/mol. The van der Waals surface area contributed by atoms with Crippen molar-refractivity contribution in [2.45, 2.75) is 124 Å². The molecule has 1 fully saturated rings. The van der Waals surface area contributed by atoms with Crippen LogP contribution in [0.4, 0.5) is 0 Å². The first-order valence-corrected chi connectivity index (χ1v) is 11.6. The van der Waals surface area contributed by atoms with Gasteiger partial charge in [0.05, 0.1) is 12.4 Å². The van der Waals surface area contributed by atoms with Crippen molar-refractivity contribution in [2.75, 3.05) is 6.61 Å². The fourth-order valence-corrected chi connectivity index (χ4v) is 4.28. The Kier molecular flexibility index (Phi) is 14.2. The quantitative estimate of drug-likeness (QED) is 0.213. The van der Waals surface area contributed by atoms with Crippen molar-refractivity contribution in [2.24, 2.45) is 11.8 Å². The summed E-state index contributed by atoms with van der Waals surface area (Å²) in [5.41, 5.74) is 0. The van der Waals surface area contributed by atoms with Crippen molar-refractivity contribution in [3.05, 3.63) is 11.8 Å². The topological polar surface area (TPSA) is 9.23 Å². The van der Waals surface area contributed by atoms with Crippen molar-refractivity contribution >= 4 is 0 Å². The summed E-state index contributed by atoms with van der Waals surface area (Å²) in [5, 5.41) is 0. The number of hydrogen-bond donors (Lipinski definition) is 0. The van der Waals surface area contributed by atoms with Gasteiger partial charge in [-0.3, -0.25) is 0 Å². The van der Waals surface area contributed by atoms with Gasteiger partial charge in [-0.05, 0) is 51.0 Å². The zero-order valence-corrected chi connectivity index (χ0v) is 17.7. The summed E-state index contributed by atoms with van der Waals surface area (Å²) in [7, 11) is 0. The molecule has 148 valence electrons. The van der Waals surface area contributed by atoms with Crippen LogP contribution in [0.15, 0.2) is 11.8 Å². The van der Waals surface area contributed by atoms with Crippen LogP contribution in [0, 0.1) is 11.8 Å². The molecule has 1 nitrogen and oxygen atoms in total. The van der Waals surface area contributed by atoms with Crippen LogP contribution >= 0.6 is 0 Å². The van der Waals surface area contributed by atoms with Gasteiger partial charge in [0.15, 0.2) is 0 Å². The Balaban J connectivity index is 2.07. The normalized spacial score (nSPS) is 21.5. The van der Waals surface area contributed by atoms with Crippen molar-refractivity contribution in [1.29, 1.82) is 0 Å². The first kappa shape index (κ1) is 22.6. The predicted molar refractivity (Wildman–Crippen MR) is 112 cm³/mol. The van der Waals surface area contributed by atoms with Crippen molar-refractivity contribution < 1.29 is 4.74 Å². The molecule has 0 spiro atoms. The summed E-state index contributed by atoms with van der Waals surface area (Å²) >= 11 is 0. The maximum Gasteiger partial charge on any atom is 0.0947 e. The second-order valence-corrected chi connectivity index (χ2v) is 8.23. The lowest BCUT2D eigenvalue weighted by Crippen LogP contribution is -2.18. The fraction of sp³-hybridized carbons (Fsp3) is 0.917. The molecule has 1 heteroatoms. The second-order valence-electron chi connectivity index (χ2n) is 8.23. The van der Waals surface area contributed by atoms with Crippen molar-refractivity contribution in [1.82, 2.24) is 0 Å². The lowest BCUT2D eigenvalue weighted by molar-refractivity contribution is 0.143. The van der Waals surface area contributed by atoms with Gasteiger partial charge < -0.3 is 4.74 Å². The molecule has 0 amide bonds. The minimum Gasteiger partial charge on any atom is -0.498 e. The van der Waals surface area contributed by atoms with E-state index >= 15 is 0 Å². The monoisotopic (exact) mass is 350 g/mol. The van der Waals surface area contributed by atoms with Crippen LogP contribution in [-0.2, 0) is 4.74 Å². The number of hydrogen-bond acceptors (Lipinski definition) is 1. The molecule has 1 aliphatic carbocycles. The van der Waals surface area contributed by atoms with Crippen LogP contribution in [-0.4, -0.2) is 6.61 Å². The van der Waals surface area contributed by atoms with Gasteiger partial charge in [-0.2, -0.15) is 0 Å². The SMILES string of the molecule is C/C=C(\OCCCCCC)C1CCC(CCCCCCCCC)CC1. The van der Waals surface area contributed by atoms with Crippen LogP contribution in [0.2, 0.25) is 0 Å². The smallest absolute Gasteiger partial charge is 0.0947 e.